The number of hydrogen-bond acceptors (Lipinski definition) is 5. The van der Waals surface area contributed by atoms with Crippen molar-refractivity contribution < 1.29 is 9.53 Å². The van der Waals surface area contributed by atoms with E-state index in [1.807, 2.05) is 40.7 Å². The molecule has 1 fully saturated rings. The van der Waals surface area contributed by atoms with Gasteiger partial charge in [0.25, 0.3) is 0 Å². The molecule has 0 radical (unpaired) electrons. The van der Waals surface area contributed by atoms with Crippen molar-refractivity contribution in [3.8, 4) is 0 Å². The van der Waals surface area contributed by atoms with E-state index in [1.165, 1.54) is 0 Å². The van der Waals surface area contributed by atoms with Crippen molar-refractivity contribution in [3.05, 3.63) is 17.5 Å². The van der Waals surface area contributed by atoms with Gasteiger partial charge in [0.1, 0.15) is 5.54 Å². The minimum atomic E-state index is -0.964. The molecule has 1 aromatic rings. The highest BCUT2D eigenvalue weighted by atomic mass is 16.5. The third-order valence-corrected chi connectivity index (χ3v) is 4.44. The predicted molar refractivity (Wildman–Crippen MR) is 80.9 cm³/mol. The molecule has 6 heteroatoms. The van der Waals surface area contributed by atoms with Crippen LogP contribution in [0.4, 0.5) is 5.95 Å². The summed E-state index contributed by atoms with van der Waals surface area (Å²) >= 11 is 0. The second-order valence-corrected chi connectivity index (χ2v) is 6.27. The molecule has 21 heavy (non-hydrogen) atoms. The zero-order valence-electron chi connectivity index (χ0n) is 13.4. The van der Waals surface area contributed by atoms with Crippen LogP contribution in [0.3, 0.4) is 0 Å². The molecule has 1 aliphatic rings. The SMILES string of the molecule is CCOC1CC(N)(C(=O)Nc2nc(C)cc(C)n2)C1(C)C. The number of aryl methyl sites for hydroxylation is 2. The first kappa shape index (κ1) is 15.9. The van der Waals surface area contributed by atoms with Crippen LogP contribution in [-0.4, -0.2) is 34.1 Å². The lowest BCUT2D eigenvalue weighted by atomic mass is 9.54. The second kappa shape index (κ2) is 5.35. The van der Waals surface area contributed by atoms with E-state index in [4.69, 9.17) is 10.5 Å². The average molecular weight is 292 g/mol. The van der Waals surface area contributed by atoms with Gasteiger partial charge in [-0.15, -0.1) is 0 Å². The Morgan fingerprint density at radius 1 is 1.43 bits per heavy atom. The van der Waals surface area contributed by atoms with Crippen LogP contribution in [0.25, 0.3) is 0 Å². The molecule has 0 aromatic carbocycles. The number of nitrogens with zero attached hydrogens (tertiary/aromatic N) is 2. The van der Waals surface area contributed by atoms with Crippen LogP contribution in [0.1, 0.15) is 38.6 Å². The van der Waals surface area contributed by atoms with Crippen LogP contribution in [0.2, 0.25) is 0 Å². The molecule has 2 unspecified atom stereocenters. The van der Waals surface area contributed by atoms with Gasteiger partial charge in [0, 0.05) is 29.8 Å². The molecule has 2 rings (SSSR count). The van der Waals surface area contributed by atoms with Gasteiger partial charge < -0.3 is 10.5 Å². The molecule has 1 amide bonds. The van der Waals surface area contributed by atoms with Crippen molar-refractivity contribution in [2.75, 3.05) is 11.9 Å². The standard InChI is InChI=1S/C15H24N4O2/c1-6-21-11-8-15(16,14(11,4)5)12(20)19-13-17-9(2)7-10(3)18-13/h7,11H,6,8,16H2,1-5H3,(H,17,18,19,20). The number of aromatic nitrogens is 2. The van der Waals surface area contributed by atoms with Crippen LogP contribution in [0, 0.1) is 19.3 Å². The number of anilines is 1. The number of carbonyl (C=O) groups excluding carboxylic acids is 1. The summed E-state index contributed by atoms with van der Waals surface area (Å²) in [4.78, 5) is 21.0. The van der Waals surface area contributed by atoms with Crippen LogP contribution in [-0.2, 0) is 9.53 Å². The van der Waals surface area contributed by atoms with Crippen molar-refractivity contribution in [3.63, 3.8) is 0 Å². The normalized spacial score (nSPS) is 27.0. The molecule has 1 heterocycles. The lowest BCUT2D eigenvalue weighted by Crippen LogP contribution is -2.74. The molecule has 2 atom stereocenters. The van der Waals surface area contributed by atoms with Gasteiger partial charge in [0.2, 0.25) is 11.9 Å². The van der Waals surface area contributed by atoms with E-state index in [2.05, 4.69) is 15.3 Å². The molecule has 6 nitrogen and oxygen atoms in total. The third-order valence-electron chi connectivity index (χ3n) is 4.44. The monoisotopic (exact) mass is 292 g/mol. The summed E-state index contributed by atoms with van der Waals surface area (Å²) in [5.41, 5.74) is 6.55. The molecule has 3 N–H and O–H groups in total. The van der Waals surface area contributed by atoms with E-state index in [0.717, 1.165) is 11.4 Å². The Morgan fingerprint density at radius 2 is 2.00 bits per heavy atom. The highest BCUT2D eigenvalue weighted by Crippen LogP contribution is 2.50. The van der Waals surface area contributed by atoms with E-state index in [-0.39, 0.29) is 12.0 Å². The van der Waals surface area contributed by atoms with Gasteiger partial charge in [0.05, 0.1) is 6.10 Å². The number of amides is 1. The van der Waals surface area contributed by atoms with E-state index >= 15 is 0 Å². The van der Waals surface area contributed by atoms with Gasteiger partial charge in [0.15, 0.2) is 0 Å². The van der Waals surface area contributed by atoms with Crippen molar-refractivity contribution in [2.45, 2.75) is 52.7 Å². The smallest absolute Gasteiger partial charge is 0.247 e. The van der Waals surface area contributed by atoms with Gasteiger partial charge in [-0.2, -0.15) is 0 Å². The summed E-state index contributed by atoms with van der Waals surface area (Å²) in [6.45, 7) is 10.2. The van der Waals surface area contributed by atoms with Crippen LogP contribution >= 0.6 is 0 Å². The van der Waals surface area contributed by atoms with Gasteiger partial charge in [-0.3, -0.25) is 10.1 Å². The van der Waals surface area contributed by atoms with E-state index in [0.29, 0.717) is 19.0 Å². The lowest BCUT2D eigenvalue weighted by Gasteiger charge is -2.57. The topological polar surface area (TPSA) is 90.1 Å². The molecule has 1 saturated carbocycles. The number of carbonyl (C=O) groups is 1. The van der Waals surface area contributed by atoms with Crippen molar-refractivity contribution >= 4 is 11.9 Å². The highest BCUT2D eigenvalue weighted by Gasteiger charge is 2.63. The Kier molecular flexibility index (Phi) is 4.04. The van der Waals surface area contributed by atoms with Crippen LogP contribution < -0.4 is 11.1 Å². The maximum absolute atomic E-state index is 12.5. The largest absolute Gasteiger partial charge is 0.378 e. The van der Waals surface area contributed by atoms with E-state index in [9.17, 15) is 4.79 Å². The molecule has 116 valence electrons. The first-order valence-corrected chi connectivity index (χ1v) is 7.25. The summed E-state index contributed by atoms with van der Waals surface area (Å²) in [6, 6.07) is 1.85. The minimum absolute atomic E-state index is 0.00147. The summed E-state index contributed by atoms with van der Waals surface area (Å²) < 4.78 is 5.64. The predicted octanol–water partition coefficient (Wildman–Crippen LogP) is 1.56. The maximum Gasteiger partial charge on any atom is 0.247 e. The number of rotatable bonds is 4. The molecular weight excluding hydrogens is 268 g/mol. The molecule has 1 aromatic heterocycles. The Balaban J connectivity index is 2.14. The van der Waals surface area contributed by atoms with Crippen molar-refractivity contribution in [2.24, 2.45) is 11.1 Å². The van der Waals surface area contributed by atoms with Crippen molar-refractivity contribution in [1.29, 1.82) is 0 Å². The number of hydrogen-bond donors (Lipinski definition) is 2. The minimum Gasteiger partial charge on any atom is -0.378 e. The Morgan fingerprint density at radius 3 is 2.48 bits per heavy atom. The van der Waals surface area contributed by atoms with Gasteiger partial charge in [-0.1, -0.05) is 13.8 Å². The zero-order chi connectivity index (χ0) is 15.8. The van der Waals surface area contributed by atoms with Crippen LogP contribution in [0.15, 0.2) is 6.07 Å². The molecule has 1 aliphatic carbocycles. The maximum atomic E-state index is 12.5. The fraction of sp³-hybridized carbons (Fsp3) is 0.667. The quantitative estimate of drug-likeness (QED) is 0.879. The first-order valence-electron chi connectivity index (χ1n) is 7.25. The number of ether oxygens (including phenoxy) is 1. The molecular formula is C15H24N4O2. The third kappa shape index (κ3) is 2.65. The second-order valence-electron chi connectivity index (χ2n) is 6.27. The zero-order valence-corrected chi connectivity index (χ0v) is 13.4. The summed E-state index contributed by atoms with van der Waals surface area (Å²) in [7, 11) is 0. The highest BCUT2D eigenvalue weighted by molar-refractivity contribution is 5.98. The van der Waals surface area contributed by atoms with Crippen molar-refractivity contribution in [1.82, 2.24) is 9.97 Å². The Bertz CT molecular complexity index is 538. The lowest BCUT2D eigenvalue weighted by molar-refractivity contribution is -0.166. The summed E-state index contributed by atoms with van der Waals surface area (Å²) in [6.07, 6.45) is 0.503. The first-order chi connectivity index (χ1) is 9.70. The fourth-order valence-corrected chi connectivity index (χ4v) is 2.82. The molecule has 0 aliphatic heterocycles. The molecule has 0 saturated heterocycles. The van der Waals surface area contributed by atoms with E-state index in [1.54, 1.807) is 0 Å². The fourth-order valence-electron chi connectivity index (χ4n) is 2.82. The number of nitrogens with two attached hydrogens (primary N) is 1. The van der Waals surface area contributed by atoms with E-state index < -0.39 is 11.0 Å². The summed E-state index contributed by atoms with van der Waals surface area (Å²) in [5, 5.41) is 2.74. The summed E-state index contributed by atoms with van der Waals surface area (Å²) in [5.74, 6) is 0.0476. The van der Waals surface area contributed by atoms with Crippen LogP contribution in [0.5, 0.6) is 0 Å². The van der Waals surface area contributed by atoms with Gasteiger partial charge >= 0.3 is 0 Å². The Labute approximate surface area is 125 Å². The van der Waals surface area contributed by atoms with Gasteiger partial charge in [-0.05, 0) is 26.8 Å². The average Bonchev–Trinajstić information content (AvgIpc) is 2.36. The Hall–Kier alpha value is -1.53. The molecule has 0 bridgehead atoms. The van der Waals surface area contributed by atoms with Gasteiger partial charge in [-0.25, -0.2) is 9.97 Å². The molecule has 0 spiro atoms. The number of nitrogens with one attached hydrogen (secondary N) is 1.